The monoisotopic (exact) mass is 518 g/mol. The summed E-state index contributed by atoms with van der Waals surface area (Å²) in [7, 11) is 0. The standard InChI is InChI=1S/C26H31ClN2O7/c1-25(33)15-29(35-16-25)24(32)21-4-3-19(30)11-23(21)34-14-20(31)13-28-8-6-26(7-9-28)12-17-10-18(27)2-5-22(17)36-26/h2-5,10-11,20,30-31,33H,6-9,12-16H2,1H3/t20-,25-/m0/s1. The molecule has 3 aliphatic rings. The smallest absolute Gasteiger partial charge is 0.281 e. The summed E-state index contributed by atoms with van der Waals surface area (Å²) in [4.78, 5) is 20.4. The van der Waals surface area contributed by atoms with Gasteiger partial charge in [-0.15, -0.1) is 0 Å². The van der Waals surface area contributed by atoms with E-state index in [0.29, 0.717) is 11.6 Å². The van der Waals surface area contributed by atoms with Gasteiger partial charge in [0.2, 0.25) is 0 Å². The van der Waals surface area contributed by atoms with Crippen molar-refractivity contribution in [3.05, 3.63) is 52.5 Å². The van der Waals surface area contributed by atoms with Crippen molar-refractivity contribution in [1.82, 2.24) is 9.96 Å². The first-order chi connectivity index (χ1) is 17.1. The van der Waals surface area contributed by atoms with Crippen molar-refractivity contribution >= 4 is 17.5 Å². The Morgan fingerprint density at radius 3 is 2.72 bits per heavy atom. The minimum absolute atomic E-state index is 0.00766. The van der Waals surface area contributed by atoms with Crippen molar-refractivity contribution in [2.45, 2.75) is 43.5 Å². The summed E-state index contributed by atoms with van der Waals surface area (Å²) >= 11 is 6.13. The molecule has 0 bridgehead atoms. The number of carbonyl (C=O) groups excluding carboxylic acids is 1. The first-order valence-corrected chi connectivity index (χ1v) is 12.5. The van der Waals surface area contributed by atoms with Gasteiger partial charge in [-0.3, -0.25) is 9.63 Å². The van der Waals surface area contributed by atoms with Crippen LogP contribution in [-0.4, -0.2) is 87.9 Å². The number of benzene rings is 2. The quantitative estimate of drug-likeness (QED) is 0.534. The lowest BCUT2D eigenvalue weighted by molar-refractivity contribution is -0.0799. The second-order valence-electron chi connectivity index (χ2n) is 10.3. The molecule has 0 aromatic heterocycles. The number of nitrogens with zero attached hydrogens (tertiary/aromatic N) is 2. The molecular weight excluding hydrogens is 488 g/mol. The lowest BCUT2D eigenvalue weighted by Gasteiger charge is -2.39. The van der Waals surface area contributed by atoms with Gasteiger partial charge in [0, 0.05) is 50.0 Å². The number of amides is 1. The maximum atomic E-state index is 12.9. The summed E-state index contributed by atoms with van der Waals surface area (Å²) in [6.07, 6.45) is 1.73. The number of carbonyl (C=O) groups is 1. The summed E-state index contributed by atoms with van der Waals surface area (Å²) in [6, 6.07) is 9.90. The number of aliphatic hydroxyl groups excluding tert-OH is 1. The Kier molecular flexibility index (Phi) is 6.78. The number of phenolic OH excluding ortho intramolecular Hbond substituents is 1. The van der Waals surface area contributed by atoms with Crippen LogP contribution in [0.3, 0.4) is 0 Å². The highest BCUT2D eigenvalue weighted by atomic mass is 35.5. The first kappa shape index (κ1) is 25.1. The van der Waals surface area contributed by atoms with Crippen molar-refractivity contribution < 1.29 is 34.4 Å². The molecule has 194 valence electrons. The number of hydrogen-bond donors (Lipinski definition) is 3. The minimum Gasteiger partial charge on any atom is -0.508 e. The number of likely N-dealkylation sites (tertiary alicyclic amines) is 1. The molecule has 2 atom stereocenters. The minimum atomic E-state index is -1.13. The molecular formula is C26H31ClN2O7. The van der Waals surface area contributed by atoms with Crippen molar-refractivity contribution in [2.75, 3.05) is 39.4 Å². The van der Waals surface area contributed by atoms with Crippen LogP contribution in [0.5, 0.6) is 17.2 Å². The fourth-order valence-corrected chi connectivity index (χ4v) is 5.25. The highest BCUT2D eigenvalue weighted by Crippen LogP contribution is 2.42. The molecule has 3 heterocycles. The number of piperidine rings is 1. The normalized spacial score (nSPS) is 23.9. The lowest BCUT2D eigenvalue weighted by atomic mass is 9.87. The summed E-state index contributed by atoms with van der Waals surface area (Å²) < 4.78 is 12.1. The van der Waals surface area contributed by atoms with Crippen LogP contribution < -0.4 is 9.47 Å². The Bertz CT molecular complexity index is 1130. The van der Waals surface area contributed by atoms with Crippen LogP contribution in [0.15, 0.2) is 36.4 Å². The number of fused-ring (bicyclic) bond motifs is 1. The van der Waals surface area contributed by atoms with Crippen LogP contribution in [0.25, 0.3) is 0 Å². The van der Waals surface area contributed by atoms with Crippen LogP contribution in [-0.2, 0) is 11.3 Å². The van der Waals surface area contributed by atoms with Gasteiger partial charge >= 0.3 is 0 Å². The fourth-order valence-electron chi connectivity index (χ4n) is 5.05. The number of hydroxylamine groups is 2. The average molecular weight is 519 g/mol. The fraction of sp³-hybridized carbons (Fsp3) is 0.500. The van der Waals surface area contributed by atoms with Crippen LogP contribution in [0.1, 0.15) is 35.7 Å². The van der Waals surface area contributed by atoms with E-state index in [2.05, 4.69) is 4.90 Å². The second-order valence-corrected chi connectivity index (χ2v) is 10.7. The Morgan fingerprint density at radius 1 is 1.22 bits per heavy atom. The van der Waals surface area contributed by atoms with Crippen LogP contribution >= 0.6 is 11.6 Å². The number of rotatable bonds is 6. The molecule has 2 saturated heterocycles. The molecule has 0 saturated carbocycles. The van der Waals surface area contributed by atoms with Gasteiger partial charge in [0.1, 0.15) is 47.8 Å². The molecule has 0 radical (unpaired) electrons. The molecule has 3 N–H and O–H groups in total. The predicted octanol–water partition coefficient (Wildman–Crippen LogP) is 2.39. The first-order valence-electron chi connectivity index (χ1n) is 12.1. The molecule has 9 nitrogen and oxygen atoms in total. The number of phenols is 1. The van der Waals surface area contributed by atoms with Gasteiger partial charge in [-0.05, 0) is 42.8 Å². The number of aromatic hydroxyl groups is 1. The van der Waals surface area contributed by atoms with E-state index in [0.717, 1.165) is 48.7 Å². The van der Waals surface area contributed by atoms with Gasteiger partial charge in [-0.25, -0.2) is 5.06 Å². The zero-order valence-corrected chi connectivity index (χ0v) is 20.9. The largest absolute Gasteiger partial charge is 0.508 e. The van der Waals surface area contributed by atoms with Crippen LogP contribution in [0.4, 0.5) is 0 Å². The molecule has 1 amide bonds. The molecule has 5 rings (SSSR count). The zero-order valence-electron chi connectivity index (χ0n) is 20.2. The number of aliphatic hydroxyl groups is 2. The van der Waals surface area contributed by atoms with Crippen molar-refractivity contribution in [3.63, 3.8) is 0 Å². The van der Waals surface area contributed by atoms with Gasteiger partial charge in [-0.2, -0.15) is 0 Å². The van der Waals surface area contributed by atoms with E-state index in [1.54, 1.807) is 6.92 Å². The Balaban J connectivity index is 1.14. The molecule has 1 spiro atoms. The predicted molar refractivity (Wildman–Crippen MR) is 131 cm³/mol. The van der Waals surface area contributed by atoms with E-state index in [-0.39, 0.29) is 42.4 Å². The van der Waals surface area contributed by atoms with Gasteiger partial charge < -0.3 is 29.7 Å². The molecule has 3 aliphatic heterocycles. The summed E-state index contributed by atoms with van der Waals surface area (Å²) in [5.74, 6) is 0.492. The lowest BCUT2D eigenvalue weighted by Crippen LogP contribution is -2.49. The molecule has 2 aromatic rings. The van der Waals surface area contributed by atoms with E-state index >= 15 is 0 Å². The number of halogens is 1. The molecule has 36 heavy (non-hydrogen) atoms. The third-order valence-electron chi connectivity index (χ3n) is 6.97. The number of β-amino-alcohol motifs (C(OH)–C–C–N with tert-alkyl or cyclic N) is 2. The summed E-state index contributed by atoms with van der Waals surface area (Å²) in [5.41, 5.74) is -0.0280. The van der Waals surface area contributed by atoms with Gasteiger partial charge in [0.25, 0.3) is 5.91 Å². The van der Waals surface area contributed by atoms with Crippen molar-refractivity contribution in [1.29, 1.82) is 0 Å². The van der Waals surface area contributed by atoms with Gasteiger partial charge in [0.15, 0.2) is 0 Å². The van der Waals surface area contributed by atoms with Crippen LogP contribution in [0.2, 0.25) is 5.02 Å². The Labute approximate surface area is 214 Å². The van der Waals surface area contributed by atoms with Crippen molar-refractivity contribution in [2.24, 2.45) is 0 Å². The van der Waals surface area contributed by atoms with Crippen molar-refractivity contribution in [3.8, 4) is 17.2 Å². The molecule has 0 aliphatic carbocycles. The van der Waals surface area contributed by atoms with E-state index in [1.165, 1.54) is 18.2 Å². The maximum Gasteiger partial charge on any atom is 0.281 e. The third kappa shape index (κ3) is 5.40. The molecule has 10 heteroatoms. The number of hydrogen-bond acceptors (Lipinski definition) is 8. The molecule has 2 aromatic carbocycles. The van der Waals surface area contributed by atoms with E-state index < -0.39 is 17.6 Å². The third-order valence-corrected chi connectivity index (χ3v) is 7.20. The zero-order chi connectivity index (χ0) is 25.5. The highest BCUT2D eigenvalue weighted by molar-refractivity contribution is 6.30. The van der Waals surface area contributed by atoms with Gasteiger partial charge in [-0.1, -0.05) is 11.6 Å². The maximum absolute atomic E-state index is 12.9. The Morgan fingerprint density at radius 2 is 2.00 bits per heavy atom. The van der Waals surface area contributed by atoms with E-state index in [9.17, 15) is 20.1 Å². The highest BCUT2D eigenvalue weighted by Gasteiger charge is 2.42. The summed E-state index contributed by atoms with van der Waals surface area (Å²) in [5, 5.41) is 32.4. The van der Waals surface area contributed by atoms with Gasteiger partial charge in [0.05, 0.1) is 12.1 Å². The molecule has 2 fully saturated rings. The second kappa shape index (κ2) is 9.72. The van der Waals surface area contributed by atoms with Crippen LogP contribution in [0, 0.1) is 0 Å². The summed E-state index contributed by atoms with van der Waals surface area (Å²) in [6.45, 7) is 3.53. The number of ether oxygens (including phenoxy) is 2. The average Bonchev–Trinajstić information content (AvgIpc) is 3.38. The Hall–Kier alpha value is -2.56. The molecule has 0 unspecified atom stereocenters. The van der Waals surface area contributed by atoms with E-state index in [1.807, 2.05) is 18.2 Å². The van der Waals surface area contributed by atoms with E-state index in [4.69, 9.17) is 25.9 Å². The topological polar surface area (TPSA) is 112 Å². The SMILES string of the molecule is C[C@@]1(O)CON(C(=O)c2ccc(O)cc2OC[C@@H](O)CN2CCC3(CC2)Cc2cc(Cl)ccc2O3)C1.